The van der Waals surface area contributed by atoms with Crippen LogP contribution in [0.2, 0.25) is 0 Å². The summed E-state index contributed by atoms with van der Waals surface area (Å²) in [5.74, 6) is -0.0870. The van der Waals surface area contributed by atoms with E-state index < -0.39 is 17.2 Å². The van der Waals surface area contributed by atoms with Gasteiger partial charge in [-0.1, -0.05) is 30.3 Å². The number of likely N-dealkylation sites (N-methyl/N-ethyl adjacent to an activating group) is 1. The molecule has 3 aromatic rings. The number of amides is 1. The second kappa shape index (κ2) is 7.61. The van der Waals surface area contributed by atoms with E-state index in [1.807, 2.05) is 30.3 Å². The Kier molecular flexibility index (Phi) is 5.07. The van der Waals surface area contributed by atoms with E-state index in [9.17, 15) is 14.4 Å². The van der Waals surface area contributed by atoms with E-state index in [0.717, 1.165) is 10.5 Å². The highest BCUT2D eigenvalue weighted by molar-refractivity contribution is 6.04. The van der Waals surface area contributed by atoms with Crippen LogP contribution in [0.3, 0.4) is 0 Å². The lowest BCUT2D eigenvalue weighted by Crippen LogP contribution is -2.39. The number of furan rings is 1. The lowest BCUT2D eigenvalue weighted by atomic mass is 10.2. The Hall–Kier alpha value is -3.81. The van der Waals surface area contributed by atoms with Gasteiger partial charge in [-0.25, -0.2) is 4.79 Å². The molecule has 0 fully saturated rings. The molecule has 0 unspecified atom stereocenters. The maximum atomic E-state index is 12.4. The maximum Gasteiger partial charge on any atom is 0.330 e. The van der Waals surface area contributed by atoms with E-state index in [4.69, 9.17) is 10.2 Å². The molecule has 0 atom stereocenters. The van der Waals surface area contributed by atoms with Crippen molar-refractivity contribution >= 4 is 23.5 Å². The second-order valence-electron chi connectivity index (χ2n) is 5.81. The number of aromatic nitrogens is 2. The number of hydrogen-bond donors (Lipinski definition) is 2. The molecule has 2 heterocycles. The second-order valence-corrected chi connectivity index (χ2v) is 5.81. The Morgan fingerprint density at radius 3 is 2.63 bits per heavy atom. The predicted molar refractivity (Wildman–Crippen MR) is 102 cm³/mol. The lowest BCUT2D eigenvalue weighted by molar-refractivity contribution is -0.113. The molecule has 0 aliphatic heterocycles. The van der Waals surface area contributed by atoms with Crippen LogP contribution in [-0.2, 0) is 11.3 Å². The van der Waals surface area contributed by atoms with Crippen molar-refractivity contribution in [2.24, 2.45) is 0 Å². The number of nitrogens with two attached hydrogens (primary N) is 1. The van der Waals surface area contributed by atoms with Crippen LogP contribution in [0.5, 0.6) is 0 Å². The number of H-pyrrole nitrogens is 1. The number of rotatable bonds is 5. The first kappa shape index (κ1) is 18.0. The molecule has 0 bridgehead atoms. The summed E-state index contributed by atoms with van der Waals surface area (Å²) in [6.07, 6.45) is 4.21. The molecule has 1 amide bonds. The number of anilines is 2. The molecule has 1 aromatic carbocycles. The number of benzene rings is 1. The molecule has 0 saturated heterocycles. The van der Waals surface area contributed by atoms with Crippen molar-refractivity contribution < 1.29 is 9.21 Å². The quantitative estimate of drug-likeness (QED) is 0.663. The van der Waals surface area contributed by atoms with Crippen LogP contribution in [0.15, 0.2) is 68.8 Å². The standard InChI is InChI=1S/C19H18N4O4/c1-22(15(24)10-9-14-8-5-11-27-14)16-17(20)23(19(26)21-18(16)25)12-13-6-3-2-4-7-13/h2-11H,12,20H2,1H3,(H,21,25,26)/b10-9+. The molecule has 0 saturated carbocycles. The van der Waals surface area contributed by atoms with Crippen molar-refractivity contribution in [1.29, 1.82) is 0 Å². The molecule has 138 valence electrons. The van der Waals surface area contributed by atoms with Gasteiger partial charge in [-0.2, -0.15) is 0 Å². The minimum Gasteiger partial charge on any atom is -0.465 e. The highest BCUT2D eigenvalue weighted by atomic mass is 16.3. The van der Waals surface area contributed by atoms with Gasteiger partial charge in [-0.3, -0.25) is 19.1 Å². The summed E-state index contributed by atoms with van der Waals surface area (Å²) >= 11 is 0. The third kappa shape index (κ3) is 3.90. The van der Waals surface area contributed by atoms with Gasteiger partial charge in [0.05, 0.1) is 12.8 Å². The topological polar surface area (TPSA) is 114 Å². The average molecular weight is 366 g/mol. The van der Waals surface area contributed by atoms with Crippen molar-refractivity contribution in [3.05, 3.63) is 87.0 Å². The Morgan fingerprint density at radius 2 is 1.96 bits per heavy atom. The SMILES string of the molecule is CN(C(=O)/C=C/c1ccco1)c1c(N)n(Cc2ccccc2)c(=O)[nH]c1=O. The number of nitrogens with one attached hydrogen (secondary N) is 1. The molecule has 8 heteroatoms. The molecule has 8 nitrogen and oxygen atoms in total. The zero-order chi connectivity index (χ0) is 19.4. The Morgan fingerprint density at radius 1 is 1.22 bits per heavy atom. The van der Waals surface area contributed by atoms with Gasteiger partial charge in [0.2, 0.25) is 0 Å². The molecule has 3 rings (SSSR count). The number of nitrogens with zero attached hydrogens (tertiary/aromatic N) is 2. The zero-order valence-corrected chi connectivity index (χ0v) is 14.6. The summed E-state index contributed by atoms with van der Waals surface area (Å²) in [5.41, 5.74) is 5.43. The molecular formula is C19H18N4O4. The van der Waals surface area contributed by atoms with Gasteiger partial charge < -0.3 is 15.1 Å². The van der Waals surface area contributed by atoms with Crippen LogP contribution in [0, 0.1) is 0 Å². The third-order valence-electron chi connectivity index (χ3n) is 4.00. The van der Waals surface area contributed by atoms with Gasteiger partial charge in [-0.05, 0) is 23.8 Å². The van der Waals surface area contributed by atoms with Crippen molar-refractivity contribution in [1.82, 2.24) is 9.55 Å². The first-order chi connectivity index (χ1) is 13.0. The van der Waals surface area contributed by atoms with E-state index in [2.05, 4.69) is 4.98 Å². The van der Waals surface area contributed by atoms with Gasteiger partial charge in [-0.15, -0.1) is 0 Å². The zero-order valence-electron chi connectivity index (χ0n) is 14.6. The molecule has 2 aromatic heterocycles. The summed E-state index contributed by atoms with van der Waals surface area (Å²) in [5, 5.41) is 0. The van der Waals surface area contributed by atoms with E-state index in [-0.39, 0.29) is 18.1 Å². The summed E-state index contributed by atoms with van der Waals surface area (Å²) in [7, 11) is 1.41. The van der Waals surface area contributed by atoms with Crippen LogP contribution in [0.1, 0.15) is 11.3 Å². The van der Waals surface area contributed by atoms with E-state index in [0.29, 0.717) is 5.76 Å². The Bertz CT molecular complexity index is 1080. The average Bonchev–Trinajstić information content (AvgIpc) is 3.17. The van der Waals surface area contributed by atoms with Crippen molar-refractivity contribution in [3.8, 4) is 0 Å². The number of carbonyl (C=O) groups is 1. The fourth-order valence-corrected chi connectivity index (χ4v) is 2.59. The summed E-state index contributed by atoms with van der Waals surface area (Å²) < 4.78 is 6.34. The summed E-state index contributed by atoms with van der Waals surface area (Å²) in [4.78, 5) is 40.1. The fraction of sp³-hybridized carbons (Fsp3) is 0.105. The number of nitrogen functional groups attached to an aromatic ring is 1. The molecule has 0 radical (unpaired) electrons. The fourth-order valence-electron chi connectivity index (χ4n) is 2.59. The van der Waals surface area contributed by atoms with Crippen LogP contribution < -0.4 is 21.9 Å². The maximum absolute atomic E-state index is 12.4. The van der Waals surface area contributed by atoms with Crippen LogP contribution in [0.4, 0.5) is 11.5 Å². The smallest absolute Gasteiger partial charge is 0.330 e. The third-order valence-corrected chi connectivity index (χ3v) is 4.00. The van der Waals surface area contributed by atoms with Gasteiger partial charge in [0.15, 0.2) is 5.69 Å². The molecule has 0 aliphatic rings. The van der Waals surface area contributed by atoms with E-state index in [1.54, 1.807) is 12.1 Å². The highest BCUT2D eigenvalue weighted by Crippen LogP contribution is 2.17. The van der Waals surface area contributed by atoms with Gasteiger partial charge in [0.1, 0.15) is 11.6 Å². The van der Waals surface area contributed by atoms with Crippen molar-refractivity contribution in [3.63, 3.8) is 0 Å². The van der Waals surface area contributed by atoms with Gasteiger partial charge in [0.25, 0.3) is 11.5 Å². The molecule has 27 heavy (non-hydrogen) atoms. The monoisotopic (exact) mass is 366 g/mol. The highest BCUT2D eigenvalue weighted by Gasteiger charge is 2.19. The minimum atomic E-state index is -0.732. The molecule has 0 spiro atoms. The van der Waals surface area contributed by atoms with E-state index in [1.165, 1.54) is 30.0 Å². The normalized spacial score (nSPS) is 11.0. The van der Waals surface area contributed by atoms with Gasteiger partial charge in [0, 0.05) is 13.1 Å². The van der Waals surface area contributed by atoms with Crippen LogP contribution in [-0.4, -0.2) is 22.5 Å². The summed E-state index contributed by atoms with van der Waals surface area (Å²) in [6.45, 7) is 0.166. The molecular weight excluding hydrogens is 348 g/mol. The molecule has 3 N–H and O–H groups in total. The van der Waals surface area contributed by atoms with Gasteiger partial charge >= 0.3 is 5.69 Å². The first-order valence-electron chi connectivity index (χ1n) is 8.13. The predicted octanol–water partition coefficient (Wildman–Crippen LogP) is 1.44. The largest absolute Gasteiger partial charge is 0.465 e. The van der Waals surface area contributed by atoms with Crippen molar-refractivity contribution in [2.75, 3.05) is 17.7 Å². The van der Waals surface area contributed by atoms with Crippen LogP contribution in [0.25, 0.3) is 6.08 Å². The molecule has 0 aliphatic carbocycles. The summed E-state index contributed by atoms with van der Waals surface area (Å²) in [6, 6.07) is 12.6. The lowest BCUT2D eigenvalue weighted by Gasteiger charge is -2.19. The van der Waals surface area contributed by atoms with Crippen molar-refractivity contribution in [2.45, 2.75) is 6.54 Å². The van der Waals surface area contributed by atoms with E-state index >= 15 is 0 Å². The number of hydrogen-bond acceptors (Lipinski definition) is 5. The Balaban J connectivity index is 1.95. The Labute approximate surface area is 154 Å². The minimum absolute atomic E-state index is 0.0881. The van der Waals surface area contributed by atoms with Crippen LogP contribution >= 0.6 is 0 Å². The first-order valence-corrected chi connectivity index (χ1v) is 8.13. The number of aromatic amines is 1. The number of carbonyl (C=O) groups excluding carboxylic acids is 1.